The van der Waals surface area contributed by atoms with E-state index in [2.05, 4.69) is 20.7 Å². The summed E-state index contributed by atoms with van der Waals surface area (Å²) in [6.45, 7) is 10.9. The zero-order chi connectivity index (χ0) is 24.5. The number of anilines is 3. The Balaban J connectivity index is 0.00000133. The van der Waals surface area contributed by atoms with Crippen molar-refractivity contribution in [2.24, 2.45) is 0 Å². The molecule has 0 atom stereocenters. The van der Waals surface area contributed by atoms with Gasteiger partial charge in [-0.15, -0.1) is 0 Å². The number of hydrogen-bond acceptors (Lipinski definition) is 6. The molecule has 5 rings (SSSR count). The van der Waals surface area contributed by atoms with Crippen molar-refractivity contribution in [2.75, 3.05) is 23.7 Å². The van der Waals surface area contributed by atoms with Crippen molar-refractivity contribution in [2.45, 2.75) is 59.1 Å². The highest BCUT2D eigenvalue weighted by Gasteiger charge is 2.28. The van der Waals surface area contributed by atoms with Crippen LogP contribution in [0, 0.1) is 0 Å². The topological polar surface area (TPSA) is 101 Å². The molecule has 3 aromatic rings. The van der Waals surface area contributed by atoms with E-state index in [-0.39, 0.29) is 18.0 Å². The fourth-order valence-corrected chi connectivity index (χ4v) is 4.25. The molecule has 2 aliphatic heterocycles. The molecule has 1 aromatic carbocycles. The van der Waals surface area contributed by atoms with Crippen LogP contribution in [0.5, 0.6) is 0 Å². The lowest BCUT2D eigenvalue weighted by molar-refractivity contribution is 0.0184. The van der Waals surface area contributed by atoms with E-state index >= 15 is 0 Å². The average molecular weight is 465 g/mol. The van der Waals surface area contributed by atoms with Crippen LogP contribution in [0.25, 0.3) is 10.8 Å². The van der Waals surface area contributed by atoms with Gasteiger partial charge in [-0.3, -0.25) is 9.48 Å². The van der Waals surface area contributed by atoms with Crippen LogP contribution in [0.4, 0.5) is 22.0 Å². The van der Waals surface area contributed by atoms with E-state index in [0.29, 0.717) is 24.5 Å². The normalized spacial score (nSPS) is 15.6. The molecule has 4 heterocycles. The highest BCUT2D eigenvalue weighted by atomic mass is 16.6. The quantitative estimate of drug-likeness (QED) is 0.543. The van der Waals surface area contributed by atoms with Gasteiger partial charge in [0, 0.05) is 30.1 Å². The van der Waals surface area contributed by atoms with Gasteiger partial charge >= 0.3 is 6.09 Å². The summed E-state index contributed by atoms with van der Waals surface area (Å²) in [6, 6.07) is 5.88. The SMILES string of the molecule is CC.CC(C)(C)OC(=O)N1CCC(n2cc(Nc3cnc4c5c(cccc35)C(=O)N4)cn2)CC1. The van der Waals surface area contributed by atoms with Crippen molar-refractivity contribution in [3.8, 4) is 0 Å². The first-order valence-electron chi connectivity index (χ1n) is 11.8. The number of carbonyl (C=O) groups is 2. The molecule has 0 unspecified atom stereocenters. The molecule has 2 aromatic heterocycles. The summed E-state index contributed by atoms with van der Waals surface area (Å²) in [5, 5.41) is 12.5. The average Bonchev–Trinajstić information content (AvgIpc) is 3.41. The number of nitrogens with one attached hydrogen (secondary N) is 2. The molecule has 180 valence electrons. The van der Waals surface area contributed by atoms with E-state index in [1.807, 2.05) is 57.6 Å². The summed E-state index contributed by atoms with van der Waals surface area (Å²) in [7, 11) is 0. The Bertz CT molecular complexity index is 1210. The highest BCUT2D eigenvalue weighted by molar-refractivity contribution is 6.24. The number of pyridine rings is 1. The van der Waals surface area contributed by atoms with Crippen LogP contribution in [-0.4, -0.2) is 50.4 Å². The predicted molar refractivity (Wildman–Crippen MR) is 133 cm³/mol. The Kier molecular flexibility index (Phi) is 6.45. The zero-order valence-corrected chi connectivity index (χ0v) is 20.4. The second-order valence-corrected chi connectivity index (χ2v) is 9.24. The maximum absolute atomic E-state index is 12.3. The number of amides is 2. The third kappa shape index (κ3) is 4.69. The molecule has 1 fully saturated rings. The minimum absolute atomic E-state index is 0.124. The number of benzene rings is 1. The summed E-state index contributed by atoms with van der Waals surface area (Å²) in [5.41, 5.74) is 1.82. The molecule has 2 N–H and O–H groups in total. The molecule has 0 aliphatic carbocycles. The molecule has 1 saturated heterocycles. The third-order valence-electron chi connectivity index (χ3n) is 5.76. The van der Waals surface area contributed by atoms with Gasteiger partial charge in [-0.05, 0) is 39.7 Å². The number of hydrogen-bond donors (Lipinski definition) is 2. The number of piperidine rings is 1. The molecule has 0 saturated carbocycles. The smallest absolute Gasteiger partial charge is 0.410 e. The Morgan fingerprint density at radius 1 is 1.18 bits per heavy atom. The molecule has 34 heavy (non-hydrogen) atoms. The number of aromatic nitrogens is 3. The van der Waals surface area contributed by atoms with Crippen molar-refractivity contribution in [1.29, 1.82) is 0 Å². The van der Waals surface area contributed by atoms with Crippen LogP contribution in [0.1, 0.15) is 63.9 Å². The molecule has 9 heteroatoms. The summed E-state index contributed by atoms with van der Waals surface area (Å²) in [4.78, 5) is 30.6. The molecule has 2 amide bonds. The second kappa shape index (κ2) is 9.32. The molecule has 0 bridgehead atoms. The Labute approximate surface area is 199 Å². The Morgan fingerprint density at radius 3 is 2.62 bits per heavy atom. The van der Waals surface area contributed by atoms with Gasteiger partial charge in [-0.1, -0.05) is 26.0 Å². The number of nitrogens with zero attached hydrogens (tertiary/aromatic N) is 4. The molecular formula is C25H32N6O3. The number of ether oxygens (including phenoxy) is 1. The molecule has 0 spiro atoms. The maximum Gasteiger partial charge on any atom is 0.410 e. The lowest BCUT2D eigenvalue weighted by Crippen LogP contribution is -2.42. The molecular weight excluding hydrogens is 432 g/mol. The van der Waals surface area contributed by atoms with Crippen molar-refractivity contribution < 1.29 is 14.3 Å². The van der Waals surface area contributed by atoms with Gasteiger partial charge in [-0.2, -0.15) is 5.10 Å². The van der Waals surface area contributed by atoms with Crippen LogP contribution in [0.2, 0.25) is 0 Å². The minimum atomic E-state index is -0.489. The van der Waals surface area contributed by atoms with Gasteiger partial charge in [-0.25, -0.2) is 9.78 Å². The Hall–Kier alpha value is -3.62. The number of rotatable bonds is 3. The van der Waals surface area contributed by atoms with Gasteiger partial charge in [0.1, 0.15) is 11.4 Å². The zero-order valence-electron chi connectivity index (χ0n) is 20.4. The molecule has 2 aliphatic rings. The maximum atomic E-state index is 12.3. The number of carbonyl (C=O) groups excluding carboxylic acids is 2. The van der Waals surface area contributed by atoms with E-state index in [9.17, 15) is 9.59 Å². The number of likely N-dealkylation sites (tertiary alicyclic amines) is 1. The van der Waals surface area contributed by atoms with E-state index in [1.165, 1.54) is 0 Å². The van der Waals surface area contributed by atoms with E-state index < -0.39 is 5.60 Å². The monoisotopic (exact) mass is 464 g/mol. The van der Waals surface area contributed by atoms with Crippen LogP contribution in [0.15, 0.2) is 36.8 Å². The fourth-order valence-electron chi connectivity index (χ4n) is 4.25. The van der Waals surface area contributed by atoms with Gasteiger partial charge < -0.3 is 20.3 Å². The highest BCUT2D eigenvalue weighted by Crippen LogP contribution is 2.36. The summed E-state index contributed by atoms with van der Waals surface area (Å²) in [5.74, 6) is 0.472. The van der Waals surface area contributed by atoms with Gasteiger partial charge in [0.2, 0.25) is 0 Å². The lowest BCUT2D eigenvalue weighted by Gasteiger charge is -2.33. The van der Waals surface area contributed by atoms with Crippen LogP contribution in [0.3, 0.4) is 0 Å². The summed E-state index contributed by atoms with van der Waals surface area (Å²) in [6.07, 6.45) is 6.86. The summed E-state index contributed by atoms with van der Waals surface area (Å²) < 4.78 is 7.43. The largest absolute Gasteiger partial charge is 0.444 e. The van der Waals surface area contributed by atoms with Crippen LogP contribution >= 0.6 is 0 Å². The van der Waals surface area contributed by atoms with E-state index in [0.717, 1.165) is 35.0 Å². The predicted octanol–water partition coefficient (Wildman–Crippen LogP) is 5.34. The van der Waals surface area contributed by atoms with Gasteiger partial charge in [0.15, 0.2) is 0 Å². The fraction of sp³-hybridized carbons (Fsp3) is 0.440. The standard InChI is InChI=1S/C23H26N6O3.C2H6/c1-23(2,3)32-22(31)28-9-7-15(8-10-28)29-13-14(11-25-29)26-18-12-24-20-19-16(18)5-4-6-17(19)21(30)27-20;1-2/h4-6,11-13,15,26H,7-10H2,1-3H3,(H,24,27,30);1-2H3. The van der Waals surface area contributed by atoms with Crippen molar-refractivity contribution in [1.82, 2.24) is 19.7 Å². The molecule has 9 nitrogen and oxygen atoms in total. The first-order chi connectivity index (χ1) is 16.3. The first kappa shape index (κ1) is 23.5. The Morgan fingerprint density at radius 2 is 1.91 bits per heavy atom. The van der Waals surface area contributed by atoms with Gasteiger partial charge in [0.25, 0.3) is 5.91 Å². The van der Waals surface area contributed by atoms with Crippen molar-refractivity contribution >= 4 is 40.0 Å². The second-order valence-electron chi connectivity index (χ2n) is 9.24. The van der Waals surface area contributed by atoms with Crippen LogP contribution < -0.4 is 10.6 Å². The van der Waals surface area contributed by atoms with Gasteiger partial charge in [0.05, 0.1) is 35.4 Å². The minimum Gasteiger partial charge on any atom is -0.444 e. The van der Waals surface area contributed by atoms with Crippen molar-refractivity contribution in [3.63, 3.8) is 0 Å². The van der Waals surface area contributed by atoms with Crippen LogP contribution in [-0.2, 0) is 4.74 Å². The first-order valence-corrected chi connectivity index (χ1v) is 11.8. The van der Waals surface area contributed by atoms with E-state index in [4.69, 9.17) is 4.74 Å². The third-order valence-corrected chi connectivity index (χ3v) is 5.76. The summed E-state index contributed by atoms with van der Waals surface area (Å²) >= 11 is 0. The van der Waals surface area contributed by atoms with E-state index in [1.54, 1.807) is 23.4 Å². The lowest BCUT2D eigenvalue weighted by atomic mass is 10.1. The van der Waals surface area contributed by atoms with Crippen molar-refractivity contribution in [3.05, 3.63) is 42.4 Å². The molecule has 0 radical (unpaired) electrons.